The van der Waals surface area contributed by atoms with Gasteiger partial charge in [-0.05, 0) is 50.7 Å². The Bertz CT molecular complexity index is 753. The van der Waals surface area contributed by atoms with E-state index in [1.807, 2.05) is 20.0 Å². The maximum atomic E-state index is 12.8. The maximum Gasteiger partial charge on any atom is 0.243 e. The van der Waals surface area contributed by atoms with Gasteiger partial charge in [0.1, 0.15) is 0 Å². The Labute approximate surface area is 175 Å². The van der Waals surface area contributed by atoms with Crippen LogP contribution in [0.25, 0.3) is 0 Å². The van der Waals surface area contributed by atoms with E-state index < -0.39 is 10.0 Å². The number of hydrogen-bond donors (Lipinski definition) is 1. The summed E-state index contributed by atoms with van der Waals surface area (Å²) in [5.41, 5.74) is 0. The molecule has 1 aromatic carbocycles. The third kappa shape index (κ3) is 5.71. The molecule has 2 heterocycles. The number of guanidine groups is 1. The number of likely N-dealkylation sites (tertiary alicyclic amines) is 1. The molecule has 0 aromatic heterocycles. The molecule has 7 nitrogen and oxygen atoms in total. The molecular formula is C21H34N4O3S. The first-order chi connectivity index (χ1) is 14.0. The van der Waals surface area contributed by atoms with Gasteiger partial charge >= 0.3 is 0 Å². The van der Waals surface area contributed by atoms with Crippen LogP contribution in [0.5, 0.6) is 0 Å². The molecule has 3 rings (SSSR count). The summed E-state index contributed by atoms with van der Waals surface area (Å²) in [6.07, 6.45) is 4.16. The monoisotopic (exact) mass is 422 g/mol. The molecule has 1 aromatic rings. The zero-order valence-corrected chi connectivity index (χ0v) is 18.4. The summed E-state index contributed by atoms with van der Waals surface area (Å²) in [7, 11) is -1.55. The first-order valence-corrected chi connectivity index (χ1v) is 12.1. The first kappa shape index (κ1) is 22.1. The molecule has 2 fully saturated rings. The van der Waals surface area contributed by atoms with Crippen molar-refractivity contribution in [1.82, 2.24) is 14.5 Å². The van der Waals surface area contributed by atoms with E-state index in [2.05, 4.69) is 15.2 Å². The number of benzene rings is 1. The minimum Gasteiger partial charge on any atom is -0.378 e. The van der Waals surface area contributed by atoms with E-state index in [0.29, 0.717) is 30.0 Å². The normalized spacial score (nSPS) is 20.8. The highest BCUT2D eigenvalue weighted by atomic mass is 32.2. The van der Waals surface area contributed by atoms with Crippen LogP contribution in [-0.2, 0) is 14.8 Å². The second kappa shape index (κ2) is 10.4. The van der Waals surface area contributed by atoms with Gasteiger partial charge in [0.2, 0.25) is 10.0 Å². The Morgan fingerprint density at radius 3 is 2.34 bits per heavy atom. The quantitative estimate of drug-likeness (QED) is 0.562. The molecular weight excluding hydrogens is 388 g/mol. The molecule has 0 aliphatic carbocycles. The van der Waals surface area contributed by atoms with Gasteiger partial charge in [0.05, 0.1) is 11.0 Å². The van der Waals surface area contributed by atoms with Gasteiger partial charge in [-0.1, -0.05) is 18.2 Å². The lowest BCUT2D eigenvalue weighted by Gasteiger charge is -2.35. The lowest BCUT2D eigenvalue weighted by molar-refractivity contribution is 0.0263. The molecule has 2 saturated heterocycles. The summed E-state index contributed by atoms with van der Waals surface area (Å²) in [5.74, 6) is 1.40. The number of nitrogens with one attached hydrogen (secondary N) is 1. The molecule has 8 heteroatoms. The van der Waals surface area contributed by atoms with Gasteiger partial charge in [0.25, 0.3) is 0 Å². The van der Waals surface area contributed by atoms with Crippen molar-refractivity contribution < 1.29 is 13.2 Å². The number of piperidine rings is 2. The Morgan fingerprint density at radius 1 is 1.10 bits per heavy atom. The fraction of sp³-hybridized carbons (Fsp3) is 0.667. The largest absolute Gasteiger partial charge is 0.378 e. The highest BCUT2D eigenvalue weighted by Gasteiger charge is 2.29. The SMILES string of the molecule is CCOC1CCN(C(=NC)NCC2CCN(S(=O)(=O)c3ccccc3)CC2)CC1. The molecule has 0 unspecified atom stereocenters. The molecule has 1 N–H and O–H groups in total. The van der Waals surface area contributed by atoms with Gasteiger partial charge in [-0.2, -0.15) is 4.31 Å². The summed E-state index contributed by atoms with van der Waals surface area (Å²) in [5, 5.41) is 3.51. The van der Waals surface area contributed by atoms with Gasteiger partial charge in [-0.25, -0.2) is 8.42 Å². The Balaban J connectivity index is 1.45. The van der Waals surface area contributed by atoms with Gasteiger partial charge in [-0.15, -0.1) is 0 Å². The van der Waals surface area contributed by atoms with Crippen molar-refractivity contribution in [2.45, 2.75) is 43.6 Å². The zero-order chi connectivity index (χ0) is 20.7. The molecule has 162 valence electrons. The van der Waals surface area contributed by atoms with Gasteiger partial charge in [0, 0.05) is 46.4 Å². The van der Waals surface area contributed by atoms with E-state index in [-0.39, 0.29) is 0 Å². The Morgan fingerprint density at radius 2 is 1.76 bits per heavy atom. The summed E-state index contributed by atoms with van der Waals surface area (Å²) in [6.45, 7) is 6.71. The standard InChI is InChI=1S/C21H34N4O3S/c1-3-28-19-11-13-24(14-12-19)21(22-2)23-17-18-9-15-25(16-10-18)29(26,27)20-7-5-4-6-8-20/h4-8,18-19H,3,9-17H2,1-2H3,(H,22,23). The molecule has 0 spiro atoms. The molecule has 0 amide bonds. The van der Waals surface area contributed by atoms with Crippen LogP contribution in [0.15, 0.2) is 40.2 Å². The third-order valence-corrected chi connectivity index (χ3v) is 7.77. The van der Waals surface area contributed by atoms with Crippen LogP contribution in [0, 0.1) is 5.92 Å². The number of hydrogen-bond acceptors (Lipinski definition) is 4. The molecule has 0 atom stereocenters. The second-order valence-electron chi connectivity index (χ2n) is 7.73. The predicted molar refractivity (Wildman–Crippen MR) is 116 cm³/mol. The summed E-state index contributed by atoms with van der Waals surface area (Å²) in [6, 6.07) is 8.71. The summed E-state index contributed by atoms with van der Waals surface area (Å²) >= 11 is 0. The van der Waals surface area contributed by atoms with E-state index in [1.165, 1.54) is 0 Å². The van der Waals surface area contributed by atoms with Crippen LogP contribution in [0.1, 0.15) is 32.6 Å². The minimum absolute atomic E-state index is 0.366. The zero-order valence-electron chi connectivity index (χ0n) is 17.6. The van der Waals surface area contributed by atoms with Crippen molar-refractivity contribution in [2.24, 2.45) is 10.9 Å². The highest BCUT2D eigenvalue weighted by Crippen LogP contribution is 2.23. The number of sulfonamides is 1. The van der Waals surface area contributed by atoms with Crippen molar-refractivity contribution in [3.8, 4) is 0 Å². The maximum absolute atomic E-state index is 12.8. The van der Waals surface area contributed by atoms with Crippen molar-refractivity contribution in [3.05, 3.63) is 30.3 Å². The topological polar surface area (TPSA) is 74.2 Å². The Hall–Kier alpha value is -1.64. The van der Waals surface area contributed by atoms with E-state index in [1.54, 1.807) is 28.6 Å². The van der Waals surface area contributed by atoms with E-state index in [0.717, 1.165) is 57.9 Å². The lowest BCUT2D eigenvalue weighted by Crippen LogP contribution is -2.49. The first-order valence-electron chi connectivity index (χ1n) is 10.7. The third-order valence-electron chi connectivity index (χ3n) is 5.86. The molecule has 0 bridgehead atoms. The van der Waals surface area contributed by atoms with Crippen molar-refractivity contribution in [1.29, 1.82) is 0 Å². The van der Waals surface area contributed by atoms with Crippen LogP contribution in [0.4, 0.5) is 0 Å². The predicted octanol–water partition coefficient (Wildman–Crippen LogP) is 2.16. The van der Waals surface area contributed by atoms with E-state index in [4.69, 9.17) is 4.74 Å². The fourth-order valence-electron chi connectivity index (χ4n) is 4.13. The molecule has 2 aliphatic heterocycles. The van der Waals surface area contributed by atoms with E-state index >= 15 is 0 Å². The van der Waals surface area contributed by atoms with Gasteiger partial charge in [-0.3, -0.25) is 4.99 Å². The van der Waals surface area contributed by atoms with Crippen LogP contribution in [0.2, 0.25) is 0 Å². The molecule has 0 radical (unpaired) electrons. The van der Waals surface area contributed by atoms with Gasteiger partial charge in [0.15, 0.2) is 5.96 Å². The molecule has 2 aliphatic rings. The fourth-order valence-corrected chi connectivity index (χ4v) is 5.62. The van der Waals surface area contributed by atoms with E-state index in [9.17, 15) is 8.42 Å². The van der Waals surface area contributed by atoms with Crippen LogP contribution < -0.4 is 5.32 Å². The van der Waals surface area contributed by atoms with Crippen LogP contribution in [-0.4, -0.2) is 76.1 Å². The highest BCUT2D eigenvalue weighted by molar-refractivity contribution is 7.89. The number of ether oxygens (including phenoxy) is 1. The van der Waals surface area contributed by atoms with Crippen molar-refractivity contribution >= 4 is 16.0 Å². The number of aliphatic imine (C=N–C) groups is 1. The average molecular weight is 423 g/mol. The van der Waals surface area contributed by atoms with Gasteiger partial charge < -0.3 is 15.0 Å². The summed E-state index contributed by atoms with van der Waals surface area (Å²) < 4.78 is 32.9. The average Bonchev–Trinajstić information content (AvgIpc) is 2.76. The minimum atomic E-state index is -3.38. The second-order valence-corrected chi connectivity index (χ2v) is 9.67. The lowest BCUT2D eigenvalue weighted by atomic mass is 9.98. The van der Waals surface area contributed by atoms with Crippen LogP contribution in [0.3, 0.4) is 0 Å². The number of rotatable bonds is 6. The van der Waals surface area contributed by atoms with Crippen molar-refractivity contribution in [2.75, 3.05) is 46.4 Å². The smallest absolute Gasteiger partial charge is 0.243 e. The summed E-state index contributed by atoms with van der Waals surface area (Å²) in [4.78, 5) is 7.12. The molecule has 0 saturated carbocycles. The number of nitrogens with zero attached hydrogens (tertiary/aromatic N) is 3. The molecule has 29 heavy (non-hydrogen) atoms. The Kier molecular flexibility index (Phi) is 7.91. The van der Waals surface area contributed by atoms with Crippen molar-refractivity contribution in [3.63, 3.8) is 0 Å². The van der Waals surface area contributed by atoms with Crippen LogP contribution >= 0.6 is 0 Å².